The van der Waals surface area contributed by atoms with E-state index < -0.39 is 30.4 Å². The number of esters is 3. The summed E-state index contributed by atoms with van der Waals surface area (Å²) in [4.78, 5) is 37.7. The van der Waals surface area contributed by atoms with E-state index in [1.807, 2.05) is 6.92 Å². The third kappa shape index (κ3) is 28.9. The molecule has 0 spiro atoms. The Bertz CT molecular complexity index is 715. The van der Waals surface area contributed by atoms with E-state index in [-0.39, 0.29) is 37.7 Å². The minimum absolute atomic E-state index is 0.0314. The van der Waals surface area contributed by atoms with Gasteiger partial charge in [0.15, 0.2) is 25.0 Å². The lowest BCUT2D eigenvalue weighted by Gasteiger charge is -2.31. The van der Waals surface area contributed by atoms with Crippen LogP contribution in [0.25, 0.3) is 0 Å². The van der Waals surface area contributed by atoms with Crippen molar-refractivity contribution in [2.75, 3.05) is 39.6 Å². The Kier molecular flexibility index (Phi) is 22.7. The molecule has 0 saturated carbocycles. The predicted molar refractivity (Wildman–Crippen MR) is 189 cm³/mol. The van der Waals surface area contributed by atoms with E-state index in [1.54, 1.807) is 0 Å². The highest BCUT2D eigenvalue weighted by Crippen LogP contribution is 2.25. The Morgan fingerprint density at radius 2 is 0.711 bits per heavy atom. The number of carbonyl (C=O) groups is 3. The van der Waals surface area contributed by atoms with E-state index in [1.165, 1.54) is 0 Å². The molecule has 0 aromatic rings. The maximum absolute atomic E-state index is 12.6. The second-order valence-electron chi connectivity index (χ2n) is 15.2. The molecule has 0 aliphatic rings. The van der Waals surface area contributed by atoms with Gasteiger partial charge in [0.25, 0.3) is 0 Å². The van der Waals surface area contributed by atoms with Gasteiger partial charge in [-0.1, -0.05) is 26.2 Å². The predicted octanol–water partition coefficient (Wildman–Crippen LogP) is 8.25. The van der Waals surface area contributed by atoms with Crippen molar-refractivity contribution in [3.05, 3.63) is 0 Å². The number of carbonyl (C=O) groups excluding carboxylic acids is 3. The first-order valence-corrected chi connectivity index (χ1v) is 27.5. The highest BCUT2D eigenvalue weighted by atomic mass is 28.4. The van der Waals surface area contributed by atoms with Gasteiger partial charge in [0.05, 0.1) is 5.41 Å². The van der Waals surface area contributed by atoms with Gasteiger partial charge in [0.1, 0.15) is 19.8 Å². The van der Waals surface area contributed by atoms with E-state index >= 15 is 0 Å². The Balaban J connectivity index is 4.83. The Morgan fingerprint density at radius 3 is 0.933 bits per heavy atom. The molecule has 0 heterocycles. The molecule has 0 aliphatic carbocycles. The summed E-state index contributed by atoms with van der Waals surface area (Å²) in [7, 11) is -4.56. The highest BCUT2D eigenvalue weighted by Gasteiger charge is 2.34. The largest absolute Gasteiger partial charge is 0.465 e. The Morgan fingerprint density at radius 1 is 0.444 bits per heavy atom. The standard InChI is InChI=1S/C33H68O9Si3/c1-11-33(27-37-30(34)21-15-12-18-24-40-43(2,3)4,28-38-31(35)22-16-13-19-25-41-44(5,6)7)29-39-32(36)23-17-14-20-26-42-45(8,9)10/h11-29H2,1-10H3. The van der Waals surface area contributed by atoms with Crippen LogP contribution in [0.4, 0.5) is 0 Å². The zero-order valence-corrected chi connectivity index (χ0v) is 33.6. The van der Waals surface area contributed by atoms with Gasteiger partial charge in [-0.25, -0.2) is 0 Å². The average molecular weight is 693 g/mol. The molecule has 0 radical (unpaired) electrons. The van der Waals surface area contributed by atoms with Crippen molar-refractivity contribution in [3.63, 3.8) is 0 Å². The van der Waals surface area contributed by atoms with Crippen LogP contribution in [0.5, 0.6) is 0 Å². The van der Waals surface area contributed by atoms with Gasteiger partial charge >= 0.3 is 17.9 Å². The van der Waals surface area contributed by atoms with Crippen LogP contribution in [0.1, 0.15) is 90.4 Å². The number of hydrogen-bond acceptors (Lipinski definition) is 9. The molecule has 0 bridgehead atoms. The second kappa shape index (κ2) is 23.3. The van der Waals surface area contributed by atoms with Gasteiger partial charge in [-0.05, 0) is 104 Å². The normalized spacial score (nSPS) is 12.7. The first-order chi connectivity index (χ1) is 20.9. The van der Waals surface area contributed by atoms with Crippen LogP contribution < -0.4 is 0 Å². The lowest BCUT2D eigenvalue weighted by Crippen LogP contribution is -2.39. The zero-order chi connectivity index (χ0) is 34.4. The molecule has 0 atom stereocenters. The summed E-state index contributed by atoms with van der Waals surface area (Å²) < 4.78 is 34.6. The van der Waals surface area contributed by atoms with Crippen LogP contribution in [0.2, 0.25) is 58.9 Å². The van der Waals surface area contributed by atoms with Gasteiger partial charge in [0, 0.05) is 39.1 Å². The second-order valence-corrected chi connectivity index (χ2v) is 28.7. The van der Waals surface area contributed by atoms with E-state index in [0.717, 1.165) is 77.6 Å². The van der Waals surface area contributed by atoms with E-state index in [4.69, 9.17) is 27.5 Å². The molecule has 0 rings (SSSR count). The molecule has 0 saturated heterocycles. The lowest BCUT2D eigenvalue weighted by molar-refractivity contribution is -0.162. The maximum Gasteiger partial charge on any atom is 0.305 e. The molecule has 12 heteroatoms. The number of rotatable bonds is 28. The molecule has 0 N–H and O–H groups in total. The van der Waals surface area contributed by atoms with Crippen molar-refractivity contribution >= 4 is 42.9 Å². The summed E-state index contributed by atoms with van der Waals surface area (Å²) in [6, 6.07) is 0. The molecule has 0 amide bonds. The SMILES string of the molecule is CCC(COC(=O)CCCCCO[Si](C)(C)C)(COC(=O)CCCCCO[Si](C)(C)C)COC(=O)CCCCCO[Si](C)(C)C. The van der Waals surface area contributed by atoms with Gasteiger partial charge < -0.3 is 27.5 Å². The van der Waals surface area contributed by atoms with Gasteiger partial charge in [0.2, 0.25) is 0 Å². The Hall–Kier alpha value is -1.06. The summed E-state index contributed by atoms with van der Waals surface area (Å²) in [6.07, 6.45) is 9.06. The fourth-order valence-electron chi connectivity index (χ4n) is 4.13. The topological polar surface area (TPSA) is 107 Å². The van der Waals surface area contributed by atoms with Crippen LogP contribution in [0, 0.1) is 5.41 Å². The van der Waals surface area contributed by atoms with Gasteiger partial charge in [-0.15, -0.1) is 0 Å². The van der Waals surface area contributed by atoms with Crippen molar-refractivity contribution in [3.8, 4) is 0 Å². The molecular weight excluding hydrogens is 625 g/mol. The zero-order valence-electron chi connectivity index (χ0n) is 30.6. The lowest BCUT2D eigenvalue weighted by atomic mass is 9.88. The quantitative estimate of drug-likeness (QED) is 0.0347. The number of ether oxygens (including phenoxy) is 3. The van der Waals surface area contributed by atoms with Gasteiger partial charge in [-0.2, -0.15) is 0 Å². The molecule has 0 unspecified atom stereocenters. The van der Waals surface area contributed by atoms with Crippen molar-refractivity contribution in [2.45, 2.75) is 149 Å². The van der Waals surface area contributed by atoms with Crippen LogP contribution >= 0.6 is 0 Å². The molecule has 0 fully saturated rings. The fourth-order valence-corrected chi connectivity index (χ4v) is 6.40. The fraction of sp³-hybridized carbons (Fsp3) is 0.909. The van der Waals surface area contributed by atoms with Crippen molar-refractivity contribution in [2.24, 2.45) is 5.41 Å². The smallest absolute Gasteiger partial charge is 0.305 e. The minimum atomic E-state index is -1.52. The highest BCUT2D eigenvalue weighted by molar-refractivity contribution is 6.70. The summed E-state index contributed by atoms with van der Waals surface area (Å²) in [5, 5.41) is 0. The Labute approximate surface area is 278 Å². The molecule has 0 aromatic heterocycles. The summed E-state index contributed by atoms with van der Waals surface area (Å²) in [5.74, 6) is -0.881. The van der Waals surface area contributed by atoms with Crippen LogP contribution in [-0.4, -0.2) is 82.5 Å². The van der Waals surface area contributed by atoms with Crippen LogP contribution in [0.3, 0.4) is 0 Å². The third-order valence-electron chi connectivity index (χ3n) is 7.05. The molecule has 0 aromatic carbocycles. The number of hydrogen-bond donors (Lipinski definition) is 0. The van der Waals surface area contributed by atoms with E-state index in [0.29, 0.717) is 25.7 Å². The monoisotopic (exact) mass is 692 g/mol. The number of unbranched alkanes of at least 4 members (excludes halogenated alkanes) is 6. The summed E-state index contributed by atoms with van der Waals surface area (Å²) in [6.45, 7) is 23.7. The first kappa shape index (κ1) is 43.9. The third-order valence-corrected chi connectivity index (χ3v) is 10.3. The van der Waals surface area contributed by atoms with E-state index in [2.05, 4.69) is 58.9 Å². The summed E-state index contributed by atoms with van der Waals surface area (Å²) in [5.41, 5.74) is -0.789. The van der Waals surface area contributed by atoms with Crippen LogP contribution in [0.15, 0.2) is 0 Å². The molecule has 266 valence electrons. The van der Waals surface area contributed by atoms with Gasteiger partial charge in [-0.3, -0.25) is 14.4 Å². The maximum atomic E-state index is 12.6. The minimum Gasteiger partial charge on any atom is -0.465 e. The van der Waals surface area contributed by atoms with Crippen LogP contribution in [-0.2, 0) is 41.9 Å². The van der Waals surface area contributed by atoms with E-state index in [9.17, 15) is 14.4 Å². The molecule has 0 aliphatic heterocycles. The van der Waals surface area contributed by atoms with Crippen molar-refractivity contribution in [1.29, 1.82) is 0 Å². The molecule has 45 heavy (non-hydrogen) atoms. The molecule has 9 nitrogen and oxygen atoms in total. The first-order valence-electron chi connectivity index (χ1n) is 17.3. The van der Waals surface area contributed by atoms with Crippen molar-refractivity contribution < 1.29 is 41.9 Å². The average Bonchev–Trinajstić information content (AvgIpc) is 2.92. The van der Waals surface area contributed by atoms with Crippen molar-refractivity contribution in [1.82, 2.24) is 0 Å². The summed E-state index contributed by atoms with van der Waals surface area (Å²) >= 11 is 0. The molecular formula is C33H68O9Si3.